The number of anilines is 2. The minimum absolute atomic E-state index is 0.506. The molecule has 0 saturated heterocycles. The summed E-state index contributed by atoms with van der Waals surface area (Å²) in [4.78, 5) is 17.4. The van der Waals surface area contributed by atoms with Crippen LogP contribution in [0.5, 0.6) is 0 Å². The van der Waals surface area contributed by atoms with Gasteiger partial charge >= 0.3 is 0 Å². The first kappa shape index (κ1) is 12.6. The van der Waals surface area contributed by atoms with Crippen LogP contribution in [-0.4, -0.2) is 37.6 Å². The lowest BCUT2D eigenvalue weighted by Crippen LogP contribution is -2.27. The van der Waals surface area contributed by atoms with Crippen LogP contribution in [0.1, 0.15) is 25.7 Å². The highest BCUT2D eigenvalue weighted by Gasteiger charge is 2.39. The highest BCUT2D eigenvalue weighted by atomic mass is 15.3. The predicted molar refractivity (Wildman–Crippen MR) is 79.4 cm³/mol. The monoisotopic (exact) mass is 285 g/mol. The largest absolute Gasteiger partial charge is 0.357 e. The second-order valence-corrected chi connectivity index (χ2v) is 5.93. The molecule has 2 saturated carbocycles. The molecule has 2 aliphatic rings. The van der Waals surface area contributed by atoms with Crippen LogP contribution in [0.25, 0.3) is 5.95 Å². The van der Waals surface area contributed by atoms with Gasteiger partial charge in [-0.2, -0.15) is 15.0 Å². The van der Waals surface area contributed by atoms with Crippen LogP contribution in [0, 0.1) is 11.8 Å². The number of hydrogen-bond acceptors (Lipinski definition) is 6. The zero-order valence-electron chi connectivity index (χ0n) is 12.0. The first-order valence-corrected chi connectivity index (χ1v) is 7.50. The number of fused-ring (bicyclic) bond motifs is 2. The van der Waals surface area contributed by atoms with Gasteiger partial charge in [-0.1, -0.05) is 6.42 Å². The number of nitrogens with one attached hydrogen (secondary N) is 2. The first-order chi connectivity index (χ1) is 10.3. The Bertz CT molecular complexity index is 624. The van der Waals surface area contributed by atoms with Crippen molar-refractivity contribution in [1.82, 2.24) is 24.5 Å². The molecule has 2 aliphatic carbocycles. The summed E-state index contributed by atoms with van der Waals surface area (Å²) in [5, 5.41) is 6.51. The molecule has 2 bridgehead atoms. The van der Waals surface area contributed by atoms with Crippen molar-refractivity contribution in [2.45, 2.75) is 31.7 Å². The van der Waals surface area contributed by atoms with E-state index in [4.69, 9.17) is 0 Å². The average molecular weight is 285 g/mol. The molecule has 0 amide bonds. The smallest absolute Gasteiger partial charge is 0.241 e. The molecule has 21 heavy (non-hydrogen) atoms. The summed E-state index contributed by atoms with van der Waals surface area (Å²) in [7, 11) is 1.81. The Hall–Kier alpha value is -2.18. The normalized spacial score (nSPS) is 27.0. The van der Waals surface area contributed by atoms with Crippen LogP contribution in [0.4, 0.5) is 11.9 Å². The fourth-order valence-electron chi connectivity index (χ4n) is 3.62. The molecule has 4 rings (SSSR count). The maximum Gasteiger partial charge on any atom is 0.241 e. The minimum atomic E-state index is 0.506. The van der Waals surface area contributed by atoms with Gasteiger partial charge in [-0.3, -0.25) is 4.57 Å². The van der Waals surface area contributed by atoms with Crippen LogP contribution in [0.3, 0.4) is 0 Å². The highest BCUT2D eigenvalue weighted by molar-refractivity contribution is 5.38. The molecule has 2 fully saturated rings. The molecular formula is C14H19N7. The summed E-state index contributed by atoms with van der Waals surface area (Å²) in [6.07, 6.45) is 10.6. The Morgan fingerprint density at radius 1 is 1.14 bits per heavy atom. The van der Waals surface area contributed by atoms with Gasteiger partial charge in [0.15, 0.2) is 0 Å². The summed E-state index contributed by atoms with van der Waals surface area (Å²) in [6, 6.07) is 0.506. The zero-order chi connectivity index (χ0) is 14.2. The molecule has 2 aromatic heterocycles. The number of nitrogens with zero attached hydrogens (tertiary/aromatic N) is 5. The SMILES string of the molecule is CNc1nc(NC2CC3CCC2C3)nc(-n2ccnc2)n1. The van der Waals surface area contributed by atoms with E-state index in [0.29, 0.717) is 23.9 Å². The van der Waals surface area contributed by atoms with Crippen molar-refractivity contribution in [2.24, 2.45) is 11.8 Å². The van der Waals surface area contributed by atoms with Gasteiger partial charge in [0.1, 0.15) is 6.33 Å². The van der Waals surface area contributed by atoms with Crippen molar-refractivity contribution in [3.8, 4) is 5.95 Å². The van der Waals surface area contributed by atoms with Gasteiger partial charge < -0.3 is 10.6 Å². The second kappa shape index (κ2) is 4.98. The summed E-state index contributed by atoms with van der Waals surface area (Å²) < 4.78 is 1.79. The Morgan fingerprint density at radius 2 is 2.05 bits per heavy atom. The number of rotatable bonds is 4. The van der Waals surface area contributed by atoms with Gasteiger partial charge in [0.05, 0.1) is 0 Å². The van der Waals surface area contributed by atoms with Crippen molar-refractivity contribution in [1.29, 1.82) is 0 Å². The van der Waals surface area contributed by atoms with Gasteiger partial charge in [-0.15, -0.1) is 0 Å². The molecule has 7 heteroatoms. The molecule has 7 nitrogen and oxygen atoms in total. The van der Waals surface area contributed by atoms with E-state index in [1.165, 1.54) is 25.7 Å². The van der Waals surface area contributed by atoms with Crippen molar-refractivity contribution in [3.63, 3.8) is 0 Å². The van der Waals surface area contributed by atoms with Crippen molar-refractivity contribution in [3.05, 3.63) is 18.7 Å². The molecule has 0 aromatic carbocycles. The van der Waals surface area contributed by atoms with Crippen LogP contribution in [0.2, 0.25) is 0 Å². The van der Waals surface area contributed by atoms with E-state index >= 15 is 0 Å². The lowest BCUT2D eigenvalue weighted by atomic mass is 9.95. The molecule has 110 valence electrons. The van der Waals surface area contributed by atoms with Gasteiger partial charge in [-0.05, 0) is 31.1 Å². The van der Waals surface area contributed by atoms with Crippen molar-refractivity contribution >= 4 is 11.9 Å². The number of hydrogen-bond donors (Lipinski definition) is 2. The third-order valence-electron chi connectivity index (χ3n) is 4.64. The predicted octanol–water partition coefficient (Wildman–Crippen LogP) is 1.70. The third kappa shape index (κ3) is 2.32. The first-order valence-electron chi connectivity index (χ1n) is 7.50. The Morgan fingerprint density at radius 3 is 2.71 bits per heavy atom. The van der Waals surface area contributed by atoms with Crippen LogP contribution >= 0.6 is 0 Å². The third-order valence-corrected chi connectivity index (χ3v) is 4.64. The maximum absolute atomic E-state index is 4.52. The zero-order valence-corrected chi connectivity index (χ0v) is 12.0. The fourth-order valence-corrected chi connectivity index (χ4v) is 3.62. The average Bonchev–Trinajstić information content (AvgIpc) is 3.24. The Kier molecular flexibility index (Phi) is 2.98. The topological polar surface area (TPSA) is 80.5 Å². The van der Waals surface area contributed by atoms with Gasteiger partial charge in [0.2, 0.25) is 17.8 Å². The minimum Gasteiger partial charge on any atom is -0.357 e. The number of aromatic nitrogens is 5. The van der Waals surface area contributed by atoms with E-state index in [-0.39, 0.29) is 0 Å². The van der Waals surface area contributed by atoms with Gasteiger partial charge in [0, 0.05) is 25.5 Å². The molecule has 0 spiro atoms. The maximum atomic E-state index is 4.52. The van der Waals surface area contributed by atoms with Crippen molar-refractivity contribution < 1.29 is 0 Å². The summed E-state index contributed by atoms with van der Waals surface area (Å²) in [5.41, 5.74) is 0. The Labute approximate surface area is 123 Å². The summed E-state index contributed by atoms with van der Waals surface area (Å²) >= 11 is 0. The van der Waals surface area contributed by atoms with E-state index in [1.807, 2.05) is 13.2 Å². The molecule has 3 unspecified atom stereocenters. The van der Waals surface area contributed by atoms with E-state index < -0.39 is 0 Å². The van der Waals surface area contributed by atoms with E-state index in [1.54, 1.807) is 17.1 Å². The van der Waals surface area contributed by atoms with Crippen molar-refractivity contribution in [2.75, 3.05) is 17.7 Å². The highest BCUT2D eigenvalue weighted by Crippen LogP contribution is 2.45. The second-order valence-electron chi connectivity index (χ2n) is 5.93. The van der Waals surface area contributed by atoms with E-state index in [9.17, 15) is 0 Å². The summed E-state index contributed by atoms with van der Waals surface area (Å²) in [5.74, 6) is 3.47. The van der Waals surface area contributed by atoms with Crippen LogP contribution in [0.15, 0.2) is 18.7 Å². The molecular weight excluding hydrogens is 266 g/mol. The molecule has 2 N–H and O–H groups in total. The molecule has 0 radical (unpaired) electrons. The van der Waals surface area contributed by atoms with Gasteiger partial charge in [0.25, 0.3) is 0 Å². The molecule has 2 heterocycles. The van der Waals surface area contributed by atoms with Crippen LogP contribution in [-0.2, 0) is 0 Å². The number of imidazole rings is 1. The quantitative estimate of drug-likeness (QED) is 0.890. The fraction of sp³-hybridized carbons (Fsp3) is 0.571. The van der Waals surface area contributed by atoms with E-state index in [0.717, 1.165) is 11.8 Å². The van der Waals surface area contributed by atoms with Gasteiger partial charge in [-0.25, -0.2) is 4.98 Å². The van der Waals surface area contributed by atoms with Crippen LogP contribution < -0.4 is 10.6 Å². The summed E-state index contributed by atoms with van der Waals surface area (Å²) in [6.45, 7) is 0. The lowest BCUT2D eigenvalue weighted by molar-refractivity contribution is 0.438. The molecule has 3 atom stereocenters. The molecule has 2 aromatic rings. The van der Waals surface area contributed by atoms with E-state index in [2.05, 4.69) is 30.6 Å². The Balaban J connectivity index is 1.61. The molecule has 0 aliphatic heterocycles. The lowest BCUT2D eigenvalue weighted by Gasteiger charge is -2.23. The standard InChI is InChI=1S/C14H19N7/c1-15-12-18-13(17-11-7-9-2-3-10(11)6-9)20-14(19-12)21-5-4-16-8-21/h4-5,8-11H,2-3,6-7H2,1H3,(H2,15,17,18,19,20).